The molecule has 0 saturated carbocycles. The first-order valence-corrected chi connectivity index (χ1v) is 7.10. The summed E-state index contributed by atoms with van der Waals surface area (Å²) in [6.07, 6.45) is 4.65. The van der Waals surface area contributed by atoms with Crippen LogP contribution in [-0.4, -0.2) is 15.9 Å². The van der Waals surface area contributed by atoms with Crippen molar-refractivity contribution in [1.82, 2.24) is 4.98 Å². The van der Waals surface area contributed by atoms with Crippen molar-refractivity contribution in [2.75, 3.05) is 0 Å². The van der Waals surface area contributed by atoms with E-state index in [2.05, 4.69) is 16.2 Å². The second-order valence-electron chi connectivity index (χ2n) is 4.43. The molecule has 0 spiro atoms. The zero-order valence-electron chi connectivity index (χ0n) is 10.4. The minimum atomic E-state index is 0.474. The van der Waals surface area contributed by atoms with Crippen LogP contribution < -0.4 is 4.74 Å². The highest BCUT2D eigenvalue weighted by atomic mass is 32.1. The third-order valence-corrected chi connectivity index (χ3v) is 3.97. The zero-order valence-corrected chi connectivity index (χ0v) is 11.2. The number of rotatable bonds is 3. The van der Waals surface area contributed by atoms with Crippen molar-refractivity contribution in [1.29, 1.82) is 0 Å². The Hall–Kier alpha value is -1.88. The molecule has 0 unspecified atom stereocenters. The van der Waals surface area contributed by atoms with Gasteiger partial charge in [0.05, 0.1) is 5.71 Å². The van der Waals surface area contributed by atoms with Gasteiger partial charge in [-0.25, -0.2) is 4.98 Å². The summed E-state index contributed by atoms with van der Waals surface area (Å²) in [7, 11) is 0. The van der Waals surface area contributed by atoms with Gasteiger partial charge in [-0.3, -0.25) is 0 Å². The number of hydrogen-bond acceptors (Lipinski definition) is 5. The van der Waals surface area contributed by atoms with E-state index in [0.717, 1.165) is 41.3 Å². The summed E-state index contributed by atoms with van der Waals surface area (Å²) in [4.78, 5) is 4.18. The summed E-state index contributed by atoms with van der Waals surface area (Å²) in [6.45, 7) is 0.474. The van der Waals surface area contributed by atoms with E-state index >= 15 is 0 Å². The lowest BCUT2D eigenvalue weighted by Gasteiger charge is -2.17. The Kier molecular flexibility index (Phi) is 3.46. The number of thiazole rings is 1. The van der Waals surface area contributed by atoms with Crippen LogP contribution in [0.15, 0.2) is 34.9 Å². The molecule has 1 N–H and O–H groups in total. The quantitative estimate of drug-likeness (QED) is 0.690. The van der Waals surface area contributed by atoms with Crippen molar-refractivity contribution >= 4 is 17.0 Å². The summed E-state index contributed by atoms with van der Waals surface area (Å²) < 4.78 is 5.72. The van der Waals surface area contributed by atoms with Gasteiger partial charge in [0.2, 0.25) is 0 Å². The van der Waals surface area contributed by atoms with Gasteiger partial charge in [-0.1, -0.05) is 11.2 Å². The minimum Gasteiger partial charge on any atom is -0.486 e. The van der Waals surface area contributed by atoms with Gasteiger partial charge in [0, 0.05) is 17.1 Å². The summed E-state index contributed by atoms with van der Waals surface area (Å²) in [5, 5.41) is 15.3. The van der Waals surface area contributed by atoms with Crippen molar-refractivity contribution in [2.45, 2.75) is 25.9 Å². The van der Waals surface area contributed by atoms with Crippen molar-refractivity contribution in [3.05, 3.63) is 45.9 Å². The lowest BCUT2D eigenvalue weighted by atomic mass is 9.90. The SMILES string of the molecule is O/N=C1/CCCc2ccc(OCc3nccs3)cc21. The maximum absolute atomic E-state index is 9.05. The van der Waals surface area contributed by atoms with Crippen LogP contribution >= 0.6 is 11.3 Å². The molecular weight excluding hydrogens is 260 g/mol. The van der Waals surface area contributed by atoms with E-state index in [1.807, 2.05) is 17.5 Å². The molecule has 5 heteroatoms. The molecule has 1 aromatic heterocycles. The molecule has 0 radical (unpaired) electrons. The van der Waals surface area contributed by atoms with E-state index < -0.39 is 0 Å². The van der Waals surface area contributed by atoms with Crippen molar-refractivity contribution in [3.63, 3.8) is 0 Å². The molecule has 1 aromatic carbocycles. The Bertz CT molecular complexity index is 593. The van der Waals surface area contributed by atoms with E-state index in [9.17, 15) is 0 Å². The summed E-state index contributed by atoms with van der Waals surface area (Å²) in [5.74, 6) is 0.789. The summed E-state index contributed by atoms with van der Waals surface area (Å²) in [5.41, 5.74) is 2.98. The molecule has 0 saturated heterocycles. The Morgan fingerprint density at radius 1 is 1.37 bits per heavy atom. The van der Waals surface area contributed by atoms with E-state index in [4.69, 9.17) is 9.94 Å². The molecule has 1 aliphatic rings. The highest BCUT2D eigenvalue weighted by Crippen LogP contribution is 2.26. The summed E-state index contributed by atoms with van der Waals surface area (Å²) in [6, 6.07) is 5.97. The van der Waals surface area contributed by atoms with E-state index in [0.29, 0.717) is 6.61 Å². The second kappa shape index (κ2) is 5.40. The van der Waals surface area contributed by atoms with Gasteiger partial charge >= 0.3 is 0 Å². The van der Waals surface area contributed by atoms with Gasteiger partial charge in [-0.15, -0.1) is 11.3 Å². The largest absolute Gasteiger partial charge is 0.486 e. The maximum atomic E-state index is 9.05. The number of hydrogen-bond donors (Lipinski definition) is 1. The number of benzene rings is 1. The Labute approximate surface area is 115 Å². The molecular formula is C14H14N2O2S. The molecule has 98 valence electrons. The van der Waals surface area contributed by atoms with E-state index in [1.165, 1.54) is 5.56 Å². The molecule has 0 bridgehead atoms. The standard InChI is InChI=1S/C14H14N2O2S/c17-16-13-3-1-2-10-4-5-11(8-12(10)13)18-9-14-15-6-7-19-14/h4-8,17H,1-3,9H2/b16-13-. The molecule has 0 aliphatic heterocycles. The van der Waals surface area contributed by atoms with Crippen LogP contribution in [0.1, 0.15) is 29.0 Å². The Morgan fingerprint density at radius 3 is 3.11 bits per heavy atom. The van der Waals surface area contributed by atoms with Crippen molar-refractivity contribution in [3.8, 4) is 5.75 Å². The molecule has 0 atom stereocenters. The molecule has 1 aliphatic carbocycles. The first-order chi connectivity index (χ1) is 9.36. The topological polar surface area (TPSA) is 54.7 Å². The first-order valence-electron chi connectivity index (χ1n) is 6.22. The third-order valence-electron chi connectivity index (χ3n) is 3.22. The third kappa shape index (κ3) is 2.61. The number of aryl methyl sites for hydroxylation is 1. The summed E-state index contributed by atoms with van der Waals surface area (Å²) >= 11 is 1.58. The smallest absolute Gasteiger partial charge is 0.140 e. The molecule has 2 aromatic rings. The van der Waals surface area contributed by atoms with Crippen LogP contribution in [0.4, 0.5) is 0 Å². The van der Waals surface area contributed by atoms with Crippen LogP contribution in [0.5, 0.6) is 5.75 Å². The molecule has 1 heterocycles. The first kappa shape index (κ1) is 12.2. The Morgan fingerprint density at radius 2 is 2.32 bits per heavy atom. The van der Waals surface area contributed by atoms with Crippen LogP contribution in [0, 0.1) is 0 Å². The lowest BCUT2D eigenvalue weighted by Crippen LogP contribution is -2.12. The van der Waals surface area contributed by atoms with Gasteiger partial charge in [0.15, 0.2) is 0 Å². The van der Waals surface area contributed by atoms with Gasteiger partial charge < -0.3 is 9.94 Å². The highest BCUT2D eigenvalue weighted by molar-refractivity contribution is 7.09. The second-order valence-corrected chi connectivity index (χ2v) is 5.41. The number of oxime groups is 1. The fourth-order valence-corrected chi connectivity index (χ4v) is 2.81. The van der Waals surface area contributed by atoms with Gasteiger partial charge in [0.25, 0.3) is 0 Å². The minimum absolute atomic E-state index is 0.474. The molecule has 3 rings (SSSR count). The lowest BCUT2D eigenvalue weighted by molar-refractivity contribution is 0.305. The van der Waals surface area contributed by atoms with Crippen LogP contribution in [0.25, 0.3) is 0 Å². The van der Waals surface area contributed by atoms with Gasteiger partial charge in [-0.2, -0.15) is 0 Å². The van der Waals surface area contributed by atoms with Crippen LogP contribution in [0.3, 0.4) is 0 Å². The fourth-order valence-electron chi connectivity index (χ4n) is 2.29. The maximum Gasteiger partial charge on any atom is 0.140 e. The van der Waals surface area contributed by atoms with Crippen molar-refractivity contribution < 1.29 is 9.94 Å². The predicted octanol–water partition coefficient (Wildman–Crippen LogP) is 3.24. The predicted molar refractivity (Wildman–Crippen MR) is 74.1 cm³/mol. The fraction of sp³-hybridized carbons (Fsp3) is 0.286. The molecule has 0 amide bonds. The molecule has 4 nitrogen and oxygen atoms in total. The van der Waals surface area contributed by atoms with Crippen molar-refractivity contribution in [2.24, 2.45) is 5.16 Å². The van der Waals surface area contributed by atoms with E-state index in [-0.39, 0.29) is 0 Å². The van der Waals surface area contributed by atoms with Crippen LogP contribution in [0.2, 0.25) is 0 Å². The number of nitrogens with zero attached hydrogens (tertiary/aromatic N) is 2. The normalized spacial score (nSPS) is 16.3. The number of aromatic nitrogens is 1. The highest BCUT2D eigenvalue weighted by Gasteiger charge is 2.16. The van der Waals surface area contributed by atoms with E-state index in [1.54, 1.807) is 17.5 Å². The average molecular weight is 274 g/mol. The molecule has 0 fully saturated rings. The number of ether oxygens (including phenoxy) is 1. The van der Waals surface area contributed by atoms with Crippen LogP contribution in [-0.2, 0) is 13.0 Å². The monoisotopic (exact) mass is 274 g/mol. The zero-order chi connectivity index (χ0) is 13.1. The Balaban J connectivity index is 1.80. The van der Waals surface area contributed by atoms with Gasteiger partial charge in [-0.05, 0) is 37.0 Å². The van der Waals surface area contributed by atoms with Gasteiger partial charge in [0.1, 0.15) is 17.4 Å². The molecule has 19 heavy (non-hydrogen) atoms. The number of fused-ring (bicyclic) bond motifs is 1. The average Bonchev–Trinajstić information content (AvgIpc) is 2.97.